The van der Waals surface area contributed by atoms with Crippen molar-refractivity contribution in [1.29, 1.82) is 0 Å². The van der Waals surface area contributed by atoms with E-state index in [9.17, 15) is 5.11 Å². The second-order valence-electron chi connectivity index (χ2n) is 2.65. The number of aliphatic hydroxyl groups excluding tert-OH is 1. The molecule has 0 aliphatic heterocycles. The molecular weight excluding hydrogens is 140 g/mol. The quantitative estimate of drug-likeness (QED) is 0.599. The highest BCUT2D eigenvalue weighted by molar-refractivity contribution is 5.08. The first-order valence-electron chi connectivity index (χ1n) is 3.74. The Hall–Kier alpha value is -0.800. The third kappa shape index (κ3) is 1.82. The van der Waals surface area contributed by atoms with Crippen LogP contribution in [-0.2, 0) is 0 Å². The molecule has 3 N–H and O–H groups in total. The maximum absolute atomic E-state index is 9.58. The summed E-state index contributed by atoms with van der Waals surface area (Å²) in [5, 5.41) is 12.6. The first-order valence-corrected chi connectivity index (χ1v) is 3.74. The summed E-state index contributed by atoms with van der Waals surface area (Å²) in [7, 11) is 1.83. The molecule has 0 bridgehead atoms. The molecule has 2 atom stereocenters. The molecule has 0 spiro atoms. The van der Waals surface area contributed by atoms with Crippen LogP contribution in [0.1, 0.15) is 18.7 Å². The highest BCUT2D eigenvalue weighted by Gasteiger charge is 2.14. The SMILES string of the molecule is CN[C@@H](C)C(O)c1ccc[nH]1. The maximum atomic E-state index is 9.58. The number of likely N-dealkylation sites (N-methyl/N-ethyl adjacent to an activating group) is 1. The van der Waals surface area contributed by atoms with Gasteiger partial charge in [-0.1, -0.05) is 0 Å². The summed E-state index contributed by atoms with van der Waals surface area (Å²) in [6.45, 7) is 1.94. The van der Waals surface area contributed by atoms with Crippen LogP contribution in [0.25, 0.3) is 0 Å². The van der Waals surface area contributed by atoms with Crippen LogP contribution in [0.15, 0.2) is 18.3 Å². The molecule has 0 saturated heterocycles. The van der Waals surface area contributed by atoms with Gasteiger partial charge in [-0.05, 0) is 26.1 Å². The first-order chi connectivity index (χ1) is 5.25. The van der Waals surface area contributed by atoms with E-state index in [0.717, 1.165) is 5.69 Å². The van der Waals surface area contributed by atoms with Gasteiger partial charge < -0.3 is 15.4 Å². The van der Waals surface area contributed by atoms with E-state index in [2.05, 4.69) is 10.3 Å². The fourth-order valence-electron chi connectivity index (χ4n) is 0.955. The van der Waals surface area contributed by atoms with Crippen molar-refractivity contribution in [3.8, 4) is 0 Å². The average molecular weight is 154 g/mol. The van der Waals surface area contributed by atoms with Gasteiger partial charge in [-0.3, -0.25) is 0 Å². The van der Waals surface area contributed by atoms with Gasteiger partial charge in [-0.15, -0.1) is 0 Å². The van der Waals surface area contributed by atoms with Crippen molar-refractivity contribution in [1.82, 2.24) is 10.3 Å². The summed E-state index contributed by atoms with van der Waals surface area (Å²) in [5.41, 5.74) is 0.854. The van der Waals surface area contributed by atoms with E-state index >= 15 is 0 Å². The monoisotopic (exact) mass is 154 g/mol. The Balaban J connectivity index is 2.62. The third-order valence-electron chi connectivity index (χ3n) is 1.87. The van der Waals surface area contributed by atoms with E-state index in [4.69, 9.17) is 0 Å². The van der Waals surface area contributed by atoms with E-state index < -0.39 is 6.10 Å². The second kappa shape index (κ2) is 3.55. The van der Waals surface area contributed by atoms with E-state index in [-0.39, 0.29) is 6.04 Å². The van der Waals surface area contributed by atoms with Gasteiger partial charge in [0.1, 0.15) is 6.10 Å². The van der Waals surface area contributed by atoms with Crippen molar-refractivity contribution >= 4 is 0 Å². The lowest BCUT2D eigenvalue weighted by molar-refractivity contribution is 0.136. The van der Waals surface area contributed by atoms with Gasteiger partial charge in [0.05, 0.1) is 0 Å². The number of aromatic nitrogens is 1. The Morgan fingerprint density at radius 2 is 2.36 bits per heavy atom. The summed E-state index contributed by atoms with van der Waals surface area (Å²) in [4.78, 5) is 2.96. The molecule has 3 heteroatoms. The van der Waals surface area contributed by atoms with Gasteiger partial charge in [0.2, 0.25) is 0 Å². The van der Waals surface area contributed by atoms with Crippen LogP contribution in [-0.4, -0.2) is 23.2 Å². The highest BCUT2D eigenvalue weighted by Crippen LogP contribution is 2.13. The smallest absolute Gasteiger partial charge is 0.109 e. The van der Waals surface area contributed by atoms with Crippen LogP contribution in [0.2, 0.25) is 0 Å². The van der Waals surface area contributed by atoms with Gasteiger partial charge in [0.25, 0.3) is 0 Å². The topological polar surface area (TPSA) is 48.0 Å². The molecule has 0 aliphatic rings. The van der Waals surface area contributed by atoms with Crippen LogP contribution < -0.4 is 5.32 Å². The molecular formula is C8H14N2O. The van der Waals surface area contributed by atoms with Crippen LogP contribution in [0.4, 0.5) is 0 Å². The van der Waals surface area contributed by atoms with E-state index in [1.807, 2.05) is 26.1 Å². The van der Waals surface area contributed by atoms with Crippen LogP contribution >= 0.6 is 0 Å². The zero-order chi connectivity index (χ0) is 8.27. The third-order valence-corrected chi connectivity index (χ3v) is 1.87. The fraction of sp³-hybridized carbons (Fsp3) is 0.500. The molecule has 1 unspecified atom stereocenters. The number of hydrogen-bond donors (Lipinski definition) is 3. The Morgan fingerprint density at radius 1 is 1.64 bits per heavy atom. The Labute approximate surface area is 66.4 Å². The minimum Gasteiger partial charge on any atom is -0.385 e. The van der Waals surface area contributed by atoms with E-state index in [1.54, 1.807) is 6.20 Å². The van der Waals surface area contributed by atoms with Gasteiger partial charge in [-0.25, -0.2) is 0 Å². The van der Waals surface area contributed by atoms with Gasteiger partial charge >= 0.3 is 0 Å². The molecule has 0 amide bonds. The predicted octanol–water partition coefficient (Wildman–Crippen LogP) is 0.656. The molecule has 3 nitrogen and oxygen atoms in total. The molecule has 1 rings (SSSR count). The first kappa shape index (κ1) is 8.30. The summed E-state index contributed by atoms with van der Waals surface area (Å²) in [5.74, 6) is 0. The lowest BCUT2D eigenvalue weighted by Crippen LogP contribution is -2.28. The molecule has 62 valence electrons. The summed E-state index contributed by atoms with van der Waals surface area (Å²) in [6, 6.07) is 3.83. The minimum atomic E-state index is -0.449. The molecule has 11 heavy (non-hydrogen) atoms. The highest BCUT2D eigenvalue weighted by atomic mass is 16.3. The maximum Gasteiger partial charge on any atom is 0.109 e. The molecule has 0 radical (unpaired) electrons. The number of aromatic amines is 1. The van der Waals surface area contributed by atoms with Crippen molar-refractivity contribution in [2.75, 3.05) is 7.05 Å². The van der Waals surface area contributed by atoms with Crippen molar-refractivity contribution in [2.24, 2.45) is 0 Å². The lowest BCUT2D eigenvalue weighted by atomic mass is 10.1. The average Bonchev–Trinajstić information content (AvgIpc) is 2.53. The van der Waals surface area contributed by atoms with Crippen LogP contribution in [0.5, 0.6) is 0 Å². The zero-order valence-electron chi connectivity index (χ0n) is 6.83. The molecule has 1 aromatic heterocycles. The molecule has 0 saturated carbocycles. The zero-order valence-corrected chi connectivity index (χ0v) is 6.83. The Morgan fingerprint density at radius 3 is 2.82 bits per heavy atom. The summed E-state index contributed by atoms with van der Waals surface area (Å²) < 4.78 is 0. The number of rotatable bonds is 3. The molecule has 0 aliphatic carbocycles. The van der Waals surface area contributed by atoms with E-state index in [1.165, 1.54) is 0 Å². The standard InChI is InChI=1S/C8H14N2O/c1-6(9-2)8(11)7-4-3-5-10-7/h3-6,8-11H,1-2H3/t6-,8?/m0/s1. The molecule has 0 fully saturated rings. The molecule has 1 aromatic rings. The van der Waals surface area contributed by atoms with Crippen LogP contribution in [0.3, 0.4) is 0 Å². The minimum absolute atomic E-state index is 0.0775. The summed E-state index contributed by atoms with van der Waals surface area (Å²) >= 11 is 0. The molecule has 1 heterocycles. The largest absolute Gasteiger partial charge is 0.385 e. The fourth-order valence-corrected chi connectivity index (χ4v) is 0.955. The Kier molecular flexibility index (Phi) is 2.68. The second-order valence-corrected chi connectivity index (χ2v) is 2.65. The number of aliphatic hydroxyl groups is 1. The lowest BCUT2D eigenvalue weighted by Gasteiger charge is -2.16. The van der Waals surface area contributed by atoms with Gasteiger partial charge in [0.15, 0.2) is 0 Å². The van der Waals surface area contributed by atoms with Crippen LogP contribution in [0, 0.1) is 0 Å². The predicted molar refractivity (Wildman–Crippen MR) is 44.3 cm³/mol. The van der Waals surface area contributed by atoms with E-state index in [0.29, 0.717) is 0 Å². The number of nitrogens with one attached hydrogen (secondary N) is 2. The number of hydrogen-bond acceptors (Lipinski definition) is 2. The van der Waals surface area contributed by atoms with Crippen molar-refractivity contribution in [2.45, 2.75) is 19.1 Å². The Bertz CT molecular complexity index is 196. The van der Waals surface area contributed by atoms with Gasteiger partial charge in [-0.2, -0.15) is 0 Å². The normalized spacial score (nSPS) is 16.3. The van der Waals surface area contributed by atoms with Gasteiger partial charge in [0, 0.05) is 17.9 Å². The summed E-state index contributed by atoms with van der Waals surface area (Å²) in [6.07, 6.45) is 1.36. The number of H-pyrrole nitrogens is 1. The molecule has 0 aromatic carbocycles. The van der Waals surface area contributed by atoms with Crippen molar-refractivity contribution in [3.05, 3.63) is 24.0 Å². The van der Waals surface area contributed by atoms with Crippen molar-refractivity contribution < 1.29 is 5.11 Å². The van der Waals surface area contributed by atoms with Crippen molar-refractivity contribution in [3.63, 3.8) is 0 Å².